The van der Waals surface area contributed by atoms with Crippen LogP contribution in [-0.2, 0) is 11.3 Å². The van der Waals surface area contributed by atoms with Gasteiger partial charge in [-0.2, -0.15) is 0 Å². The van der Waals surface area contributed by atoms with Crippen molar-refractivity contribution in [1.82, 2.24) is 9.88 Å². The van der Waals surface area contributed by atoms with Crippen LogP contribution in [0.1, 0.15) is 16.1 Å². The van der Waals surface area contributed by atoms with Gasteiger partial charge in [-0.3, -0.25) is 9.59 Å². The standard InChI is InChI=1S/C13H12BrN3O2S/c14-10-3-1-9(2-4-10)5-17(6-12(15)18)13(19)11-7-20-8-16-11/h1-4,7-8H,5-6H2,(H2,15,18). The number of primary amides is 1. The maximum absolute atomic E-state index is 12.3. The molecule has 1 aromatic heterocycles. The Morgan fingerprint density at radius 1 is 1.30 bits per heavy atom. The molecule has 0 spiro atoms. The Labute approximate surface area is 128 Å². The molecular weight excluding hydrogens is 342 g/mol. The predicted molar refractivity (Wildman–Crippen MR) is 80.2 cm³/mol. The van der Waals surface area contributed by atoms with Crippen LogP contribution in [0.15, 0.2) is 39.6 Å². The third-order valence-corrected chi connectivity index (χ3v) is 3.69. The lowest BCUT2D eigenvalue weighted by atomic mass is 10.2. The van der Waals surface area contributed by atoms with Crippen LogP contribution in [0.25, 0.3) is 0 Å². The normalized spacial score (nSPS) is 10.2. The van der Waals surface area contributed by atoms with Gasteiger partial charge in [-0.05, 0) is 17.7 Å². The van der Waals surface area contributed by atoms with Crippen LogP contribution in [0.2, 0.25) is 0 Å². The van der Waals surface area contributed by atoms with E-state index in [-0.39, 0.29) is 12.5 Å². The number of rotatable bonds is 5. The molecule has 104 valence electrons. The molecule has 1 aromatic carbocycles. The molecule has 0 aliphatic rings. The molecule has 0 aliphatic carbocycles. The molecule has 2 aromatic rings. The molecule has 0 bridgehead atoms. The fourth-order valence-electron chi connectivity index (χ4n) is 1.68. The average Bonchev–Trinajstić information content (AvgIpc) is 2.93. The summed E-state index contributed by atoms with van der Waals surface area (Å²) in [4.78, 5) is 28.8. The van der Waals surface area contributed by atoms with Crippen LogP contribution in [0, 0.1) is 0 Å². The number of halogens is 1. The molecule has 0 fully saturated rings. The maximum atomic E-state index is 12.3. The zero-order chi connectivity index (χ0) is 14.5. The number of carbonyl (C=O) groups excluding carboxylic acids is 2. The lowest BCUT2D eigenvalue weighted by Gasteiger charge is -2.20. The summed E-state index contributed by atoms with van der Waals surface area (Å²) in [7, 11) is 0. The number of nitrogens with two attached hydrogens (primary N) is 1. The van der Waals surface area contributed by atoms with E-state index in [1.807, 2.05) is 24.3 Å². The van der Waals surface area contributed by atoms with Crippen molar-refractivity contribution in [3.05, 3.63) is 50.9 Å². The number of benzene rings is 1. The van der Waals surface area contributed by atoms with E-state index >= 15 is 0 Å². The van der Waals surface area contributed by atoms with Crippen molar-refractivity contribution in [2.45, 2.75) is 6.54 Å². The van der Waals surface area contributed by atoms with E-state index in [1.165, 1.54) is 16.2 Å². The Balaban J connectivity index is 2.17. The summed E-state index contributed by atoms with van der Waals surface area (Å²) in [6, 6.07) is 7.52. The molecule has 0 aliphatic heterocycles. The molecule has 7 heteroatoms. The zero-order valence-electron chi connectivity index (χ0n) is 10.5. The monoisotopic (exact) mass is 353 g/mol. The van der Waals surface area contributed by atoms with Crippen molar-refractivity contribution in [3.8, 4) is 0 Å². The number of carbonyl (C=O) groups is 2. The highest BCUT2D eigenvalue weighted by Crippen LogP contribution is 2.14. The van der Waals surface area contributed by atoms with E-state index in [9.17, 15) is 9.59 Å². The Kier molecular flexibility index (Phi) is 4.86. The van der Waals surface area contributed by atoms with E-state index in [2.05, 4.69) is 20.9 Å². The topological polar surface area (TPSA) is 76.3 Å². The number of thiazole rings is 1. The Morgan fingerprint density at radius 2 is 2.00 bits per heavy atom. The first kappa shape index (κ1) is 14.7. The van der Waals surface area contributed by atoms with Gasteiger partial charge in [0.2, 0.25) is 5.91 Å². The van der Waals surface area contributed by atoms with Crippen LogP contribution in [0.5, 0.6) is 0 Å². The third-order valence-electron chi connectivity index (χ3n) is 2.57. The first-order valence-corrected chi connectivity index (χ1v) is 7.50. The van der Waals surface area contributed by atoms with Gasteiger partial charge >= 0.3 is 0 Å². The predicted octanol–water partition coefficient (Wildman–Crippen LogP) is 2.03. The SMILES string of the molecule is NC(=O)CN(Cc1ccc(Br)cc1)C(=O)c1cscn1. The summed E-state index contributed by atoms with van der Waals surface area (Å²) < 4.78 is 0.952. The molecule has 2 N–H and O–H groups in total. The van der Waals surface area contributed by atoms with Crippen molar-refractivity contribution in [2.75, 3.05) is 6.54 Å². The number of hydrogen-bond acceptors (Lipinski definition) is 4. The van der Waals surface area contributed by atoms with Crippen LogP contribution in [0.4, 0.5) is 0 Å². The van der Waals surface area contributed by atoms with Crippen molar-refractivity contribution in [2.24, 2.45) is 5.73 Å². The van der Waals surface area contributed by atoms with Gasteiger partial charge < -0.3 is 10.6 Å². The van der Waals surface area contributed by atoms with Crippen LogP contribution in [0.3, 0.4) is 0 Å². The lowest BCUT2D eigenvalue weighted by Crippen LogP contribution is -2.38. The van der Waals surface area contributed by atoms with Crippen LogP contribution >= 0.6 is 27.3 Å². The molecule has 2 amide bonds. The number of amides is 2. The van der Waals surface area contributed by atoms with Gasteiger partial charge in [-0.1, -0.05) is 28.1 Å². The fourth-order valence-corrected chi connectivity index (χ4v) is 2.47. The second-order valence-corrected chi connectivity index (χ2v) is 5.76. The summed E-state index contributed by atoms with van der Waals surface area (Å²) in [5.74, 6) is -0.848. The average molecular weight is 354 g/mol. The molecule has 1 heterocycles. The van der Waals surface area contributed by atoms with Crippen LogP contribution in [-0.4, -0.2) is 28.2 Å². The Morgan fingerprint density at radius 3 is 2.55 bits per heavy atom. The van der Waals surface area contributed by atoms with Gasteiger partial charge in [0.25, 0.3) is 5.91 Å². The fraction of sp³-hybridized carbons (Fsp3) is 0.154. The van der Waals surface area contributed by atoms with E-state index in [4.69, 9.17) is 5.73 Å². The van der Waals surface area contributed by atoms with Gasteiger partial charge in [0.1, 0.15) is 12.2 Å². The van der Waals surface area contributed by atoms with E-state index in [1.54, 1.807) is 10.9 Å². The van der Waals surface area contributed by atoms with Crippen molar-refractivity contribution >= 4 is 39.1 Å². The van der Waals surface area contributed by atoms with E-state index in [0.29, 0.717) is 12.2 Å². The minimum Gasteiger partial charge on any atom is -0.368 e. The van der Waals surface area contributed by atoms with Gasteiger partial charge in [0.15, 0.2) is 0 Å². The first-order chi connectivity index (χ1) is 9.56. The molecule has 5 nitrogen and oxygen atoms in total. The molecule has 0 saturated carbocycles. The van der Waals surface area contributed by atoms with Gasteiger partial charge in [0.05, 0.1) is 5.51 Å². The summed E-state index contributed by atoms with van der Waals surface area (Å²) in [6.07, 6.45) is 0. The number of aromatic nitrogens is 1. The molecule has 2 rings (SSSR count). The third kappa shape index (κ3) is 3.88. The maximum Gasteiger partial charge on any atom is 0.274 e. The summed E-state index contributed by atoms with van der Waals surface area (Å²) in [5.41, 5.74) is 8.02. The quantitative estimate of drug-likeness (QED) is 0.893. The summed E-state index contributed by atoms with van der Waals surface area (Å²) in [6.45, 7) is 0.180. The molecule has 0 radical (unpaired) electrons. The second kappa shape index (κ2) is 6.62. The molecule has 0 unspecified atom stereocenters. The van der Waals surface area contributed by atoms with Gasteiger partial charge in [-0.15, -0.1) is 11.3 Å². The lowest BCUT2D eigenvalue weighted by molar-refractivity contribution is -0.118. The molecule has 0 atom stereocenters. The molecular formula is C13H12BrN3O2S. The smallest absolute Gasteiger partial charge is 0.274 e. The highest BCUT2D eigenvalue weighted by atomic mass is 79.9. The number of hydrogen-bond donors (Lipinski definition) is 1. The van der Waals surface area contributed by atoms with Crippen molar-refractivity contribution < 1.29 is 9.59 Å². The highest BCUT2D eigenvalue weighted by molar-refractivity contribution is 9.10. The largest absolute Gasteiger partial charge is 0.368 e. The highest BCUT2D eigenvalue weighted by Gasteiger charge is 2.19. The molecule has 20 heavy (non-hydrogen) atoms. The Bertz CT molecular complexity index is 599. The Hall–Kier alpha value is -1.73. The molecule has 0 saturated heterocycles. The number of nitrogens with zero attached hydrogens (tertiary/aromatic N) is 2. The zero-order valence-corrected chi connectivity index (χ0v) is 12.9. The first-order valence-electron chi connectivity index (χ1n) is 5.76. The van der Waals surface area contributed by atoms with E-state index in [0.717, 1.165) is 10.0 Å². The minimum atomic E-state index is -0.550. The van der Waals surface area contributed by atoms with Gasteiger partial charge in [0, 0.05) is 16.4 Å². The van der Waals surface area contributed by atoms with Gasteiger partial charge in [-0.25, -0.2) is 4.98 Å². The summed E-state index contributed by atoms with van der Waals surface area (Å²) in [5, 5.41) is 1.65. The minimum absolute atomic E-state index is 0.133. The second-order valence-electron chi connectivity index (χ2n) is 4.13. The van der Waals surface area contributed by atoms with Crippen molar-refractivity contribution in [3.63, 3.8) is 0 Å². The van der Waals surface area contributed by atoms with E-state index < -0.39 is 5.91 Å². The van der Waals surface area contributed by atoms with Crippen molar-refractivity contribution in [1.29, 1.82) is 0 Å². The van der Waals surface area contributed by atoms with Crippen LogP contribution < -0.4 is 5.73 Å². The summed E-state index contributed by atoms with van der Waals surface area (Å²) >= 11 is 4.68.